The molecule has 3 heterocycles. The molecule has 9 rings (SSSR count). The number of amides is 4. The van der Waals surface area contributed by atoms with Gasteiger partial charge in [-0.25, -0.2) is 19.6 Å². The van der Waals surface area contributed by atoms with Gasteiger partial charge in [0.2, 0.25) is 0 Å². The van der Waals surface area contributed by atoms with Crippen LogP contribution in [0.3, 0.4) is 0 Å². The molecule has 1 aliphatic heterocycles. The quantitative estimate of drug-likeness (QED) is 0.0881. The first kappa shape index (κ1) is 50.0. The zero-order valence-corrected chi connectivity index (χ0v) is 39.6. The van der Waals surface area contributed by atoms with Crippen LogP contribution in [-0.2, 0) is 18.9 Å². The van der Waals surface area contributed by atoms with Gasteiger partial charge in [-0.2, -0.15) is 36.4 Å². The number of ether oxygens (including phenoxy) is 2. The van der Waals surface area contributed by atoms with Crippen LogP contribution in [0.1, 0.15) is 16.8 Å². The standard InChI is InChI=1S/C50H39Cl2F6N11O4/c1-66-16-18-67(19-17-66)46-28-61-43-15-11-37(25-45(43)65-46)72-34-6-2-4-29(20-34)63-47(70)69(33-9-13-41(52)39(23-33)50(56,57)58)68(48(71)64-30-8-12-40(51)38(21-30)49(53,54)55)32-5-3-7-35(22-32)73-36-10-14-42-44(24-36)62-31(26-59)27-60-42/h2-15,20-25,27-28H,16-19,26,59H2,1H3,(H,63,70)(H,64,71). The molecule has 15 nitrogen and oxygen atoms in total. The van der Waals surface area contributed by atoms with Gasteiger partial charge < -0.3 is 35.6 Å². The fraction of sp³-hybridized carbons (Fsp3) is 0.160. The Hall–Kier alpha value is -7.98. The van der Waals surface area contributed by atoms with Crippen LogP contribution in [0.4, 0.5) is 64.5 Å². The smallest absolute Gasteiger partial charge is 0.417 e. The van der Waals surface area contributed by atoms with Crippen molar-refractivity contribution >= 4 is 85.9 Å². The summed E-state index contributed by atoms with van der Waals surface area (Å²) in [5.74, 6) is 1.55. The molecular formula is C50H39Cl2F6N11O4. The molecule has 1 aliphatic rings. The number of halogens is 8. The first-order valence-corrected chi connectivity index (χ1v) is 22.8. The Labute approximate surface area is 421 Å². The summed E-state index contributed by atoms with van der Waals surface area (Å²) >= 11 is 11.9. The molecule has 374 valence electrons. The van der Waals surface area contributed by atoms with E-state index in [1.54, 1.807) is 48.7 Å². The third-order valence-corrected chi connectivity index (χ3v) is 12.0. The minimum Gasteiger partial charge on any atom is -0.457 e. The summed E-state index contributed by atoms with van der Waals surface area (Å²) in [6.07, 6.45) is -6.78. The lowest BCUT2D eigenvalue weighted by Crippen LogP contribution is -2.54. The Morgan fingerprint density at radius 2 is 1.12 bits per heavy atom. The summed E-state index contributed by atoms with van der Waals surface area (Å²) in [6, 6.07) is 23.8. The first-order chi connectivity index (χ1) is 34.9. The molecule has 6 aromatic carbocycles. The number of anilines is 5. The molecule has 0 saturated carbocycles. The summed E-state index contributed by atoms with van der Waals surface area (Å²) in [5, 5.41) is 4.71. The van der Waals surface area contributed by atoms with E-state index in [1.807, 2.05) is 0 Å². The summed E-state index contributed by atoms with van der Waals surface area (Å²) < 4.78 is 98.2. The number of alkyl halides is 6. The van der Waals surface area contributed by atoms with Crippen LogP contribution in [0.25, 0.3) is 22.1 Å². The van der Waals surface area contributed by atoms with Crippen molar-refractivity contribution in [3.8, 4) is 23.0 Å². The van der Waals surface area contributed by atoms with Gasteiger partial charge in [0, 0.05) is 68.4 Å². The summed E-state index contributed by atoms with van der Waals surface area (Å²) in [5.41, 5.74) is 4.53. The van der Waals surface area contributed by atoms with Crippen molar-refractivity contribution < 1.29 is 45.4 Å². The van der Waals surface area contributed by atoms with Crippen molar-refractivity contribution in [2.75, 3.05) is 58.8 Å². The van der Waals surface area contributed by atoms with Gasteiger partial charge in [-0.15, -0.1) is 0 Å². The Morgan fingerprint density at radius 1 is 0.603 bits per heavy atom. The minimum atomic E-state index is -5.06. The van der Waals surface area contributed by atoms with E-state index in [9.17, 15) is 35.9 Å². The summed E-state index contributed by atoms with van der Waals surface area (Å²) in [6.45, 7) is 3.40. The number of benzene rings is 6. The number of hydrazine groups is 1. The number of hydrogen-bond donors (Lipinski definition) is 3. The lowest BCUT2D eigenvalue weighted by Gasteiger charge is -2.35. The number of nitrogens with two attached hydrogens (primary N) is 1. The first-order valence-electron chi connectivity index (χ1n) is 22.1. The molecule has 0 spiro atoms. The lowest BCUT2D eigenvalue weighted by atomic mass is 10.2. The number of aromatic nitrogens is 4. The Kier molecular flexibility index (Phi) is 14.1. The van der Waals surface area contributed by atoms with Crippen LogP contribution in [-0.4, -0.2) is 70.1 Å². The number of nitrogens with zero attached hydrogens (tertiary/aromatic N) is 8. The van der Waals surface area contributed by atoms with E-state index in [0.717, 1.165) is 50.4 Å². The van der Waals surface area contributed by atoms with Gasteiger partial charge in [0.05, 0.1) is 72.7 Å². The predicted octanol–water partition coefficient (Wildman–Crippen LogP) is 12.4. The number of carbonyl (C=O) groups is 2. The van der Waals surface area contributed by atoms with Crippen molar-refractivity contribution in [3.05, 3.63) is 161 Å². The molecule has 23 heteroatoms. The highest BCUT2D eigenvalue weighted by molar-refractivity contribution is 6.32. The van der Waals surface area contributed by atoms with Crippen molar-refractivity contribution in [1.82, 2.24) is 24.8 Å². The van der Waals surface area contributed by atoms with Crippen LogP contribution < -0.4 is 40.8 Å². The van der Waals surface area contributed by atoms with E-state index >= 15 is 0 Å². The van der Waals surface area contributed by atoms with Gasteiger partial charge in [0.15, 0.2) is 0 Å². The maximum Gasteiger partial charge on any atom is 0.417 e. The Bertz CT molecular complexity index is 3380. The van der Waals surface area contributed by atoms with E-state index < -0.39 is 57.0 Å². The zero-order valence-electron chi connectivity index (χ0n) is 38.0. The van der Waals surface area contributed by atoms with Crippen LogP contribution >= 0.6 is 23.2 Å². The third kappa shape index (κ3) is 11.5. The largest absolute Gasteiger partial charge is 0.457 e. The van der Waals surface area contributed by atoms with E-state index in [1.165, 1.54) is 48.7 Å². The number of fused-ring (bicyclic) bond motifs is 2. The molecule has 2 aromatic heterocycles. The number of urea groups is 2. The van der Waals surface area contributed by atoms with E-state index in [0.29, 0.717) is 61.5 Å². The molecule has 1 saturated heterocycles. The second-order valence-corrected chi connectivity index (χ2v) is 17.3. The topological polar surface area (TPSA) is 167 Å². The average Bonchev–Trinajstić information content (AvgIpc) is 3.35. The van der Waals surface area contributed by atoms with Gasteiger partial charge in [0.25, 0.3) is 0 Å². The van der Waals surface area contributed by atoms with Crippen LogP contribution in [0, 0.1) is 0 Å². The van der Waals surface area contributed by atoms with Crippen LogP contribution in [0.5, 0.6) is 23.0 Å². The molecule has 73 heavy (non-hydrogen) atoms. The molecule has 0 aliphatic carbocycles. The molecule has 1 fully saturated rings. The van der Waals surface area contributed by atoms with Crippen molar-refractivity contribution in [2.24, 2.45) is 5.73 Å². The minimum absolute atomic E-state index is 0.0379. The summed E-state index contributed by atoms with van der Waals surface area (Å²) in [4.78, 5) is 52.2. The van der Waals surface area contributed by atoms with Gasteiger partial charge in [0.1, 0.15) is 28.8 Å². The molecule has 0 atom stereocenters. The van der Waals surface area contributed by atoms with Crippen LogP contribution in [0.15, 0.2) is 134 Å². The lowest BCUT2D eigenvalue weighted by molar-refractivity contribution is -0.138. The van der Waals surface area contributed by atoms with Gasteiger partial charge >= 0.3 is 24.4 Å². The van der Waals surface area contributed by atoms with Gasteiger partial charge in [-0.3, -0.25) is 9.97 Å². The Balaban J connectivity index is 1.09. The second kappa shape index (κ2) is 20.6. The normalized spacial score (nSPS) is 13.2. The molecule has 0 radical (unpaired) electrons. The van der Waals surface area contributed by atoms with Crippen molar-refractivity contribution in [1.29, 1.82) is 0 Å². The highest BCUT2D eigenvalue weighted by atomic mass is 35.5. The van der Waals surface area contributed by atoms with Gasteiger partial charge in [-0.1, -0.05) is 35.3 Å². The van der Waals surface area contributed by atoms with E-state index in [-0.39, 0.29) is 35.2 Å². The second-order valence-electron chi connectivity index (χ2n) is 16.5. The molecule has 4 amide bonds. The average molecular weight is 1040 g/mol. The van der Waals surface area contributed by atoms with Crippen LogP contribution in [0.2, 0.25) is 10.0 Å². The number of likely N-dealkylation sites (N-methyl/N-ethyl adjacent to an activating group) is 1. The highest BCUT2D eigenvalue weighted by Gasteiger charge is 2.38. The monoisotopic (exact) mass is 1040 g/mol. The number of nitrogens with one attached hydrogen (secondary N) is 2. The van der Waals surface area contributed by atoms with E-state index in [4.69, 9.17) is 43.4 Å². The molecule has 8 aromatic rings. The highest BCUT2D eigenvalue weighted by Crippen LogP contribution is 2.40. The number of carbonyl (C=O) groups excluding carboxylic acids is 2. The zero-order chi connectivity index (χ0) is 51.6. The molecular weight excluding hydrogens is 1000 g/mol. The van der Waals surface area contributed by atoms with Crippen molar-refractivity contribution in [2.45, 2.75) is 18.9 Å². The Morgan fingerprint density at radius 3 is 1.74 bits per heavy atom. The summed E-state index contributed by atoms with van der Waals surface area (Å²) in [7, 11) is 2.05. The van der Waals surface area contributed by atoms with Crippen molar-refractivity contribution in [3.63, 3.8) is 0 Å². The third-order valence-electron chi connectivity index (χ3n) is 11.3. The number of rotatable bonds is 10. The SMILES string of the molecule is CN1CCN(c2cnc3ccc(Oc4cccc(NC(=O)N(c5ccc(Cl)c(C(F)(F)F)c5)N(C(=O)Nc5ccc(Cl)c(C(F)(F)F)c5)c5cccc(Oc6ccc7ncc(CN)nc7c6)c5)c4)cc3n2)CC1. The number of hydrogen-bond acceptors (Lipinski definition) is 11. The van der Waals surface area contributed by atoms with E-state index in [2.05, 4.69) is 42.4 Å². The van der Waals surface area contributed by atoms with Gasteiger partial charge in [-0.05, 0) is 92.0 Å². The predicted molar refractivity (Wildman–Crippen MR) is 266 cm³/mol. The maximum absolute atomic E-state index is 14.9. The fourth-order valence-electron chi connectivity index (χ4n) is 7.70. The number of piperazine rings is 1. The molecule has 4 N–H and O–H groups in total. The maximum atomic E-state index is 14.9. The molecule has 0 unspecified atom stereocenters. The molecule has 0 bridgehead atoms. The fourth-order valence-corrected chi connectivity index (χ4v) is 8.14.